The normalized spacial score (nSPS) is 16.6. The number of allylic oxidation sites excluding steroid dienone is 1. The number of rotatable bonds is 1. The van der Waals surface area contributed by atoms with Crippen molar-refractivity contribution in [1.82, 2.24) is 4.90 Å². The summed E-state index contributed by atoms with van der Waals surface area (Å²) in [5, 5.41) is 8.88. The number of carbonyl (C=O) groups excluding carboxylic acids is 1. The average Bonchev–Trinajstić information content (AvgIpc) is 2.43. The first kappa shape index (κ1) is 12.5. The highest BCUT2D eigenvalue weighted by atomic mass is 16.6. The van der Waals surface area contributed by atoms with E-state index in [2.05, 4.69) is 0 Å². The molecular formula is C11H17NO4. The Bertz CT molecular complexity index is 351. The number of hydrogen-bond donors (Lipinski definition) is 1. The molecule has 0 saturated carbocycles. The van der Waals surface area contributed by atoms with Gasteiger partial charge in [0.15, 0.2) is 0 Å². The van der Waals surface area contributed by atoms with E-state index >= 15 is 0 Å². The van der Waals surface area contributed by atoms with Crippen molar-refractivity contribution in [3.05, 3.63) is 11.3 Å². The van der Waals surface area contributed by atoms with Crippen LogP contribution in [0, 0.1) is 0 Å². The van der Waals surface area contributed by atoms with Crippen molar-refractivity contribution >= 4 is 12.1 Å². The van der Waals surface area contributed by atoms with Crippen LogP contribution >= 0.6 is 0 Å². The number of carboxylic acid groups (broad SMARTS) is 1. The van der Waals surface area contributed by atoms with Crippen molar-refractivity contribution in [2.75, 3.05) is 6.54 Å². The highest BCUT2D eigenvalue weighted by molar-refractivity contribution is 5.89. The summed E-state index contributed by atoms with van der Waals surface area (Å²) in [7, 11) is 0. The van der Waals surface area contributed by atoms with Crippen LogP contribution in [-0.4, -0.2) is 34.2 Å². The van der Waals surface area contributed by atoms with Crippen molar-refractivity contribution in [3.8, 4) is 0 Å². The molecule has 1 aliphatic heterocycles. The van der Waals surface area contributed by atoms with Crippen LogP contribution in [0.25, 0.3) is 0 Å². The van der Waals surface area contributed by atoms with Gasteiger partial charge in [-0.15, -0.1) is 0 Å². The first-order valence-electron chi connectivity index (χ1n) is 5.16. The maximum absolute atomic E-state index is 11.7. The fourth-order valence-electron chi connectivity index (χ4n) is 1.54. The van der Waals surface area contributed by atoms with Crippen LogP contribution in [0.3, 0.4) is 0 Å². The molecule has 0 radical (unpaired) electrons. The molecule has 5 nitrogen and oxygen atoms in total. The third kappa shape index (κ3) is 2.74. The van der Waals surface area contributed by atoms with Crippen LogP contribution < -0.4 is 0 Å². The second-order valence-corrected chi connectivity index (χ2v) is 4.75. The number of aliphatic carboxylic acids is 1. The van der Waals surface area contributed by atoms with Gasteiger partial charge in [-0.2, -0.15) is 0 Å². The first-order chi connectivity index (χ1) is 7.22. The zero-order valence-corrected chi connectivity index (χ0v) is 10.0. The van der Waals surface area contributed by atoms with Gasteiger partial charge in [0.05, 0.1) is 5.57 Å². The molecule has 1 rings (SSSR count). The topological polar surface area (TPSA) is 66.8 Å². The van der Waals surface area contributed by atoms with Gasteiger partial charge in [0.2, 0.25) is 0 Å². The molecule has 1 heterocycles. The van der Waals surface area contributed by atoms with E-state index < -0.39 is 17.7 Å². The summed E-state index contributed by atoms with van der Waals surface area (Å²) in [5.41, 5.74) is 0.191. The van der Waals surface area contributed by atoms with E-state index in [4.69, 9.17) is 9.84 Å². The molecule has 5 heteroatoms. The lowest BCUT2D eigenvalue weighted by Crippen LogP contribution is -2.34. The van der Waals surface area contributed by atoms with E-state index in [-0.39, 0.29) is 5.57 Å². The lowest BCUT2D eigenvalue weighted by molar-refractivity contribution is -0.132. The highest BCUT2D eigenvalue weighted by Crippen LogP contribution is 2.24. The second kappa shape index (κ2) is 4.15. The SMILES string of the molecule is CC1=C(C(=O)O)CCN1C(=O)OC(C)(C)C. The highest BCUT2D eigenvalue weighted by Gasteiger charge is 2.30. The number of carboxylic acids is 1. The lowest BCUT2D eigenvalue weighted by atomic mass is 10.2. The fourth-order valence-corrected chi connectivity index (χ4v) is 1.54. The Morgan fingerprint density at radius 2 is 1.94 bits per heavy atom. The maximum atomic E-state index is 11.7. The number of amides is 1. The zero-order valence-electron chi connectivity index (χ0n) is 10.0. The number of nitrogens with zero attached hydrogens (tertiary/aromatic N) is 1. The molecule has 1 N–H and O–H groups in total. The van der Waals surface area contributed by atoms with Crippen molar-refractivity contribution in [2.45, 2.75) is 39.7 Å². The van der Waals surface area contributed by atoms with Crippen LogP contribution in [0.1, 0.15) is 34.1 Å². The largest absolute Gasteiger partial charge is 0.478 e. The summed E-state index contributed by atoms with van der Waals surface area (Å²) < 4.78 is 5.18. The second-order valence-electron chi connectivity index (χ2n) is 4.75. The van der Waals surface area contributed by atoms with Crippen LogP contribution in [0.15, 0.2) is 11.3 Å². The minimum atomic E-state index is -0.969. The van der Waals surface area contributed by atoms with Crippen molar-refractivity contribution in [3.63, 3.8) is 0 Å². The van der Waals surface area contributed by atoms with Crippen LogP contribution in [0.5, 0.6) is 0 Å². The summed E-state index contributed by atoms with van der Waals surface area (Å²) in [6, 6.07) is 0. The van der Waals surface area contributed by atoms with E-state index in [0.717, 1.165) is 0 Å². The molecule has 90 valence electrons. The molecule has 0 aromatic heterocycles. The fraction of sp³-hybridized carbons (Fsp3) is 0.636. The smallest absolute Gasteiger partial charge is 0.414 e. The molecule has 1 aliphatic rings. The van der Waals surface area contributed by atoms with Gasteiger partial charge in [-0.1, -0.05) is 0 Å². The van der Waals surface area contributed by atoms with Gasteiger partial charge >= 0.3 is 12.1 Å². The Labute approximate surface area is 94.7 Å². The Hall–Kier alpha value is -1.52. The Kier molecular flexibility index (Phi) is 3.26. The maximum Gasteiger partial charge on any atom is 0.414 e. The lowest BCUT2D eigenvalue weighted by Gasteiger charge is -2.25. The van der Waals surface area contributed by atoms with E-state index in [0.29, 0.717) is 18.7 Å². The quantitative estimate of drug-likeness (QED) is 0.743. The van der Waals surface area contributed by atoms with Gasteiger partial charge in [-0.3, -0.25) is 4.90 Å². The van der Waals surface area contributed by atoms with E-state index in [1.807, 2.05) is 0 Å². The van der Waals surface area contributed by atoms with Crippen molar-refractivity contribution in [1.29, 1.82) is 0 Å². The molecule has 1 amide bonds. The Balaban J connectivity index is 2.78. The summed E-state index contributed by atoms with van der Waals surface area (Å²) in [4.78, 5) is 23.9. The molecule has 0 bridgehead atoms. The summed E-state index contributed by atoms with van der Waals surface area (Å²) in [6.07, 6.45) is -0.110. The van der Waals surface area contributed by atoms with E-state index in [1.54, 1.807) is 27.7 Å². The first-order valence-corrected chi connectivity index (χ1v) is 5.16. The molecule has 0 aliphatic carbocycles. The molecule has 0 unspecified atom stereocenters. The molecule has 0 fully saturated rings. The van der Waals surface area contributed by atoms with Crippen LogP contribution in [-0.2, 0) is 9.53 Å². The van der Waals surface area contributed by atoms with Gasteiger partial charge < -0.3 is 9.84 Å². The summed E-state index contributed by atoms with van der Waals surface area (Å²) >= 11 is 0. The predicted molar refractivity (Wildman–Crippen MR) is 57.9 cm³/mol. The van der Waals surface area contributed by atoms with Gasteiger partial charge in [0.1, 0.15) is 5.60 Å². The Morgan fingerprint density at radius 1 is 1.38 bits per heavy atom. The van der Waals surface area contributed by atoms with E-state index in [1.165, 1.54) is 4.90 Å². The number of carbonyl (C=O) groups is 2. The molecular weight excluding hydrogens is 210 g/mol. The minimum Gasteiger partial charge on any atom is -0.478 e. The van der Waals surface area contributed by atoms with Crippen molar-refractivity contribution < 1.29 is 19.4 Å². The monoisotopic (exact) mass is 227 g/mol. The van der Waals surface area contributed by atoms with Crippen LogP contribution in [0.2, 0.25) is 0 Å². The molecule has 0 aromatic carbocycles. The molecule has 16 heavy (non-hydrogen) atoms. The van der Waals surface area contributed by atoms with Crippen molar-refractivity contribution in [2.24, 2.45) is 0 Å². The molecule has 0 saturated heterocycles. The van der Waals surface area contributed by atoms with Gasteiger partial charge in [0, 0.05) is 12.2 Å². The third-order valence-electron chi connectivity index (χ3n) is 2.30. The predicted octanol–water partition coefficient (Wildman–Crippen LogP) is 1.99. The zero-order chi connectivity index (χ0) is 12.5. The molecule has 0 atom stereocenters. The minimum absolute atomic E-state index is 0.283. The van der Waals surface area contributed by atoms with Gasteiger partial charge in [-0.25, -0.2) is 9.59 Å². The summed E-state index contributed by atoms with van der Waals surface area (Å²) in [6.45, 7) is 7.33. The van der Waals surface area contributed by atoms with Crippen LogP contribution in [0.4, 0.5) is 4.79 Å². The number of hydrogen-bond acceptors (Lipinski definition) is 3. The van der Waals surface area contributed by atoms with Gasteiger partial charge in [0.25, 0.3) is 0 Å². The number of ether oxygens (including phenoxy) is 1. The van der Waals surface area contributed by atoms with E-state index in [9.17, 15) is 9.59 Å². The van der Waals surface area contributed by atoms with Gasteiger partial charge in [-0.05, 0) is 34.1 Å². The Morgan fingerprint density at radius 3 is 2.31 bits per heavy atom. The standard InChI is InChI=1S/C11H17NO4/c1-7-8(9(13)14)5-6-12(7)10(15)16-11(2,3)4/h5-6H2,1-4H3,(H,13,14). The molecule has 0 aromatic rings. The third-order valence-corrected chi connectivity index (χ3v) is 2.30. The molecule has 0 spiro atoms. The summed E-state index contributed by atoms with van der Waals surface area (Å²) in [5.74, 6) is -0.969. The average molecular weight is 227 g/mol.